The second-order valence-electron chi connectivity index (χ2n) is 7.08. The second kappa shape index (κ2) is 9.15. The smallest absolute Gasteiger partial charge is 0.277 e. The topological polar surface area (TPSA) is 86.5 Å². The number of rotatable bonds is 6. The van der Waals surface area contributed by atoms with Crippen LogP contribution < -0.4 is 14.8 Å². The lowest BCUT2D eigenvalue weighted by atomic mass is 10.2. The Kier molecular flexibility index (Phi) is 5.76. The molecule has 0 saturated heterocycles. The molecule has 1 aromatic heterocycles. The Morgan fingerprint density at radius 2 is 1.69 bits per heavy atom. The van der Waals surface area contributed by atoms with Crippen LogP contribution in [0.3, 0.4) is 0 Å². The molecule has 0 saturated carbocycles. The predicted molar refractivity (Wildman–Crippen MR) is 121 cm³/mol. The molecule has 0 spiro atoms. The summed E-state index contributed by atoms with van der Waals surface area (Å²) in [7, 11) is 0. The Bertz CT molecular complexity index is 1210. The lowest BCUT2D eigenvalue weighted by molar-refractivity contribution is -0.125. The monoisotopic (exact) mass is 445 g/mol. The number of hydrogen-bond donors (Lipinski definition) is 1. The summed E-state index contributed by atoms with van der Waals surface area (Å²) in [5.41, 5.74) is 2.60. The van der Waals surface area contributed by atoms with Crippen LogP contribution in [0.15, 0.2) is 88.5 Å². The van der Waals surface area contributed by atoms with E-state index >= 15 is 0 Å². The number of nitrogens with zero attached hydrogens (tertiary/aromatic N) is 2. The van der Waals surface area contributed by atoms with E-state index in [4.69, 9.17) is 13.9 Å². The van der Waals surface area contributed by atoms with Gasteiger partial charge in [0.25, 0.3) is 11.1 Å². The molecule has 3 aromatic carbocycles. The zero-order valence-corrected chi connectivity index (χ0v) is 17.7. The van der Waals surface area contributed by atoms with Gasteiger partial charge in [0.1, 0.15) is 6.61 Å². The first kappa shape index (κ1) is 20.1. The van der Waals surface area contributed by atoms with Crippen LogP contribution in [0, 0.1) is 0 Å². The minimum atomic E-state index is -0.718. The molecular formula is C24H19N3O4S. The summed E-state index contributed by atoms with van der Waals surface area (Å²) in [6.07, 6.45) is -0.718. The second-order valence-corrected chi connectivity index (χ2v) is 8.00. The Morgan fingerprint density at radius 1 is 0.938 bits per heavy atom. The van der Waals surface area contributed by atoms with Gasteiger partial charge in [-0.1, -0.05) is 54.2 Å². The summed E-state index contributed by atoms with van der Waals surface area (Å²) in [6, 6.07) is 24.6. The maximum Gasteiger partial charge on any atom is 0.277 e. The van der Waals surface area contributed by atoms with Gasteiger partial charge in [0.2, 0.25) is 12.0 Å². The molecule has 8 heteroatoms. The summed E-state index contributed by atoms with van der Waals surface area (Å²) < 4.78 is 17.1. The largest absolute Gasteiger partial charge is 0.485 e. The van der Waals surface area contributed by atoms with E-state index in [0.717, 1.165) is 11.3 Å². The van der Waals surface area contributed by atoms with Gasteiger partial charge in [0, 0.05) is 17.0 Å². The van der Waals surface area contributed by atoms with Crippen LogP contribution in [-0.4, -0.2) is 28.8 Å². The van der Waals surface area contributed by atoms with Crippen molar-refractivity contribution in [3.63, 3.8) is 0 Å². The van der Waals surface area contributed by atoms with Gasteiger partial charge in [-0.2, -0.15) is 0 Å². The van der Waals surface area contributed by atoms with Crippen molar-refractivity contribution in [2.45, 2.75) is 17.1 Å². The van der Waals surface area contributed by atoms with Crippen molar-refractivity contribution in [2.75, 3.05) is 11.9 Å². The standard InChI is InChI=1S/C24H19N3O4S/c28-22(21-14-29-19-8-4-5-9-20(19)30-21)25-18-12-10-17(11-13-18)23-26-27-24(31-23)32-15-16-6-2-1-3-7-16/h1-13,21H,14-15H2,(H,25,28). The number of hydrogen-bond acceptors (Lipinski definition) is 7. The summed E-state index contributed by atoms with van der Waals surface area (Å²) in [5.74, 6) is 2.11. The molecule has 7 nitrogen and oxygen atoms in total. The van der Waals surface area contributed by atoms with Crippen molar-refractivity contribution in [1.82, 2.24) is 10.2 Å². The third kappa shape index (κ3) is 4.60. The Hall–Kier alpha value is -3.78. The molecule has 160 valence electrons. The Balaban J connectivity index is 1.18. The first-order chi connectivity index (χ1) is 15.7. The predicted octanol–water partition coefficient (Wildman–Crippen LogP) is 4.81. The van der Waals surface area contributed by atoms with E-state index in [-0.39, 0.29) is 12.5 Å². The molecule has 32 heavy (non-hydrogen) atoms. The van der Waals surface area contributed by atoms with E-state index in [1.165, 1.54) is 17.3 Å². The summed E-state index contributed by atoms with van der Waals surface area (Å²) in [6.45, 7) is 0.159. The molecule has 1 aliphatic rings. The summed E-state index contributed by atoms with van der Waals surface area (Å²) >= 11 is 1.49. The van der Waals surface area contributed by atoms with Crippen molar-refractivity contribution in [3.05, 3.63) is 84.4 Å². The molecule has 0 bridgehead atoms. The minimum Gasteiger partial charge on any atom is -0.485 e. The molecule has 2 heterocycles. The first-order valence-electron chi connectivity index (χ1n) is 10.0. The van der Waals surface area contributed by atoms with Gasteiger partial charge in [-0.25, -0.2) is 0 Å². The number of para-hydroxylation sites is 2. The molecular weight excluding hydrogens is 426 g/mol. The van der Waals surface area contributed by atoms with Gasteiger partial charge >= 0.3 is 0 Å². The van der Waals surface area contributed by atoms with Crippen LogP contribution >= 0.6 is 11.8 Å². The van der Waals surface area contributed by atoms with Crippen molar-refractivity contribution < 1.29 is 18.7 Å². The summed E-state index contributed by atoms with van der Waals surface area (Å²) in [4.78, 5) is 12.6. The van der Waals surface area contributed by atoms with E-state index in [2.05, 4.69) is 27.6 Å². The number of benzene rings is 3. The lowest BCUT2D eigenvalue weighted by Crippen LogP contribution is -2.40. The van der Waals surface area contributed by atoms with Crippen LogP contribution in [0.4, 0.5) is 5.69 Å². The van der Waals surface area contributed by atoms with Crippen molar-refractivity contribution >= 4 is 23.4 Å². The van der Waals surface area contributed by atoms with Crippen LogP contribution in [-0.2, 0) is 10.5 Å². The van der Waals surface area contributed by atoms with Crippen molar-refractivity contribution in [2.24, 2.45) is 0 Å². The zero-order valence-electron chi connectivity index (χ0n) is 16.9. The lowest BCUT2D eigenvalue weighted by Gasteiger charge is -2.25. The Morgan fingerprint density at radius 3 is 2.50 bits per heavy atom. The van der Waals surface area contributed by atoms with Crippen LogP contribution in [0.1, 0.15) is 5.56 Å². The van der Waals surface area contributed by atoms with Gasteiger partial charge in [-0.15, -0.1) is 10.2 Å². The van der Waals surface area contributed by atoms with E-state index in [1.807, 2.05) is 48.5 Å². The van der Waals surface area contributed by atoms with Crippen molar-refractivity contribution in [1.29, 1.82) is 0 Å². The van der Waals surface area contributed by atoms with Gasteiger partial charge in [0.15, 0.2) is 11.5 Å². The summed E-state index contributed by atoms with van der Waals surface area (Å²) in [5, 5.41) is 11.6. The number of ether oxygens (including phenoxy) is 2. The fourth-order valence-electron chi connectivity index (χ4n) is 3.17. The molecule has 4 aromatic rings. The normalized spacial score (nSPS) is 14.7. The number of amides is 1. The highest BCUT2D eigenvalue weighted by atomic mass is 32.2. The number of nitrogens with one attached hydrogen (secondary N) is 1. The van der Waals surface area contributed by atoms with E-state index in [9.17, 15) is 4.79 Å². The number of fused-ring (bicyclic) bond motifs is 1. The van der Waals surface area contributed by atoms with Crippen LogP contribution in [0.25, 0.3) is 11.5 Å². The number of aromatic nitrogens is 2. The number of carbonyl (C=O) groups is 1. The van der Waals surface area contributed by atoms with Gasteiger partial charge in [-0.05, 0) is 42.0 Å². The highest BCUT2D eigenvalue weighted by molar-refractivity contribution is 7.98. The minimum absolute atomic E-state index is 0.159. The quantitative estimate of drug-likeness (QED) is 0.426. The van der Waals surface area contributed by atoms with Crippen molar-refractivity contribution in [3.8, 4) is 23.0 Å². The third-order valence-electron chi connectivity index (χ3n) is 4.81. The molecule has 1 atom stereocenters. The fourth-order valence-corrected chi connectivity index (χ4v) is 3.89. The number of thioether (sulfide) groups is 1. The van der Waals surface area contributed by atoms with Crippen LogP contribution in [0.2, 0.25) is 0 Å². The average molecular weight is 446 g/mol. The van der Waals surface area contributed by atoms with E-state index in [1.54, 1.807) is 18.2 Å². The fraction of sp³-hybridized carbons (Fsp3) is 0.125. The molecule has 1 N–H and O–H groups in total. The average Bonchev–Trinajstić information content (AvgIpc) is 3.33. The van der Waals surface area contributed by atoms with Gasteiger partial charge in [-0.3, -0.25) is 4.79 Å². The van der Waals surface area contributed by atoms with E-state index < -0.39 is 6.10 Å². The third-order valence-corrected chi connectivity index (χ3v) is 5.70. The van der Waals surface area contributed by atoms with E-state index in [0.29, 0.717) is 28.3 Å². The highest BCUT2D eigenvalue weighted by Gasteiger charge is 2.27. The first-order valence-corrected chi connectivity index (χ1v) is 11.0. The maximum atomic E-state index is 12.6. The molecule has 0 radical (unpaired) electrons. The number of anilines is 1. The Labute approximate surface area is 188 Å². The van der Waals surface area contributed by atoms with Gasteiger partial charge < -0.3 is 19.2 Å². The molecule has 1 aliphatic heterocycles. The molecule has 0 aliphatic carbocycles. The molecule has 0 fully saturated rings. The zero-order chi connectivity index (χ0) is 21.8. The maximum absolute atomic E-state index is 12.6. The molecule has 1 unspecified atom stereocenters. The number of carbonyl (C=O) groups excluding carboxylic acids is 1. The van der Waals surface area contributed by atoms with Crippen LogP contribution in [0.5, 0.6) is 11.5 Å². The molecule has 1 amide bonds. The molecule has 5 rings (SSSR count). The highest BCUT2D eigenvalue weighted by Crippen LogP contribution is 2.31. The van der Waals surface area contributed by atoms with Gasteiger partial charge in [0.05, 0.1) is 0 Å². The SMILES string of the molecule is O=C(Nc1ccc(-c2nnc(SCc3ccccc3)o2)cc1)C1COc2ccccc2O1.